The number of imidazole rings is 1. The quantitative estimate of drug-likeness (QED) is 0.696. The molecule has 3 aromatic rings. The Labute approximate surface area is 159 Å². The Morgan fingerprint density at radius 3 is 2.81 bits per heavy atom. The van der Waals surface area contributed by atoms with E-state index in [4.69, 9.17) is 0 Å². The number of rotatable bonds is 5. The molecule has 1 fully saturated rings. The fraction of sp³-hybridized carbons (Fsp3) is 0.500. The summed E-state index contributed by atoms with van der Waals surface area (Å²) < 4.78 is 3.91. The molecule has 4 heterocycles. The number of carbonyl (C=O) groups is 1. The van der Waals surface area contributed by atoms with Gasteiger partial charge in [-0.1, -0.05) is 24.6 Å². The molecule has 1 saturated heterocycles. The normalized spacial score (nSPS) is 15.6. The van der Waals surface area contributed by atoms with Crippen molar-refractivity contribution in [3.63, 3.8) is 0 Å². The molecular weight excluding hydrogens is 340 g/mol. The first-order valence-corrected chi connectivity index (χ1v) is 9.80. The van der Waals surface area contributed by atoms with Crippen molar-refractivity contribution >= 4 is 11.6 Å². The molecule has 0 atom stereocenters. The fourth-order valence-electron chi connectivity index (χ4n) is 3.72. The number of unbranched alkanes of at least 4 members (excludes halogenated alkanes) is 1. The highest BCUT2D eigenvalue weighted by molar-refractivity contribution is 5.93. The van der Waals surface area contributed by atoms with E-state index in [2.05, 4.69) is 28.4 Å². The summed E-state index contributed by atoms with van der Waals surface area (Å²) in [5, 5.41) is 8.59. The second kappa shape index (κ2) is 7.50. The molecule has 0 spiro atoms. The molecule has 4 rings (SSSR count). The molecule has 0 bridgehead atoms. The zero-order valence-electron chi connectivity index (χ0n) is 16.0. The lowest BCUT2D eigenvalue weighted by Crippen LogP contribution is -2.39. The molecule has 0 aliphatic carbocycles. The Hall–Kier alpha value is -2.70. The molecule has 0 unspecified atom stereocenters. The highest BCUT2D eigenvalue weighted by Gasteiger charge is 2.26. The number of hydrogen-bond donors (Lipinski definition) is 0. The van der Waals surface area contributed by atoms with Crippen LogP contribution in [0.3, 0.4) is 0 Å². The number of pyridine rings is 1. The van der Waals surface area contributed by atoms with E-state index in [1.807, 2.05) is 45.4 Å². The average molecular weight is 366 g/mol. The van der Waals surface area contributed by atoms with Gasteiger partial charge >= 0.3 is 0 Å². The van der Waals surface area contributed by atoms with Gasteiger partial charge in [0.25, 0.3) is 5.91 Å². The van der Waals surface area contributed by atoms with Gasteiger partial charge in [0.1, 0.15) is 11.3 Å². The topological polar surface area (TPSA) is 68.3 Å². The first-order valence-electron chi connectivity index (χ1n) is 9.80. The van der Waals surface area contributed by atoms with Crippen LogP contribution in [0.4, 0.5) is 0 Å². The summed E-state index contributed by atoms with van der Waals surface area (Å²) in [6.07, 6.45) is 10.9. The van der Waals surface area contributed by atoms with E-state index in [1.165, 1.54) is 0 Å². The lowest BCUT2D eigenvalue weighted by Gasteiger charge is -2.31. The van der Waals surface area contributed by atoms with Gasteiger partial charge in [-0.3, -0.25) is 4.79 Å². The van der Waals surface area contributed by atoms with Gasteiger partial charge in [-0.2, -0.15) is 0 Å². The Balaban J connectivity index is 1.40. The van der Waals surface area contributed by atoms with Gasteiger partial charge in [-0.25, -0.2) is 9.67 Å². The molecule has 0 N–H and O–H groups in total. The van der Waals surface area contributed by atoms with Gasteiger partial charge < -0.3 is 9.30 Å². The van der Waals surface area contributed by atoms with E-state index in [-0.39, 0.29) is 5.91 Å². The molecule has 1 amide bonds. The minimum Gasteiger partial charge on any atom is -0.337 e. The van der Waals surface area contributed by atoms with Crippen molar-refractivity contribution in [2.24, 2.45) is 0 Å². The van der Waals surface area contributed by atoms with Gasteiger partial charge in [0.05, 0.1) is 11.7 Å². The van der Waals surface area contributed by atoms with Crippen LogP contribution in [0.25, 0.3) is 5.65 Å². The maximum Gasteiger partial charge on any atom is 0.274 e. The maximum atomic E-state index is 12.9. The molecule has 1 aliphatic rings. The number of nitrogens with zero attached hydrogens (tertiary/aromatic N) is 6. The summed E-state index contributed by atoms with van der Waals surface area (Å²) in [5.74, 6) is 0.0128. The minimum absolute atomic E-state index is 0.0128. The summed E-state index contributed by atoms with van der Waals surface area (Å²) >= 11 is 0. The average Bonchev–Trinajstić information content (AvgIpc) is 3.34. The predicted octanol–water partition coefficient (Wildman–Crippen LogP) is 3.05. The molecule has 0 radical (unpaired) electrons. The van der Waals surface area contributed by atoms with Crippen LogP contribution in [0.1, 0.15) is 60.4 Å². The van der Waals surface area contributed by atoms with E-state index < -0.39 is 0 Å². The highest BCUT2D eigenvalue weighted by Crippen LogP contribution is 2.23. The molecule has 7 nitrogen and oxygen atoms in total. The van der Waals surface area contributed by atoms with Crippen LogP contribution in [0.15, 0.2) is 30.7 Å². The van der Waals surface area contributed by atoms with E-state index in [1.54, 1.807) is 0 Å². The molecule has 142 valence electrons. The Morgan fingerprint density at radius 2 is 2.07 bits per heavy atom. The molecule has 27 heavy (non-hydrogen) atoms. The number of aromatic nitrogens is 5. The molecule has 1 aliphatic heterocycles. The summed E-state index contributed by atoms with van der Waals surface area (Å²) in [6, 6.07) is 4.30. The van der Waals surface area contributed by atoms with Crippen molar-refractivity contribution in [3.8, 4) is 0 Å². The second-order valence-electron chi connectivity index (χ2n) is 7.37. The Kier molecular flexibility index (Phi) is 4.92. The monoisotopic (exact) mass is 366 g/mol. The third kappa shape index (κ3) is 3.59. The van der Waals surface area contributed by atoms with Gasteiger partial charge in [0.15, 0.2) is 0 Å². The first kappa shape index (κ1) is 17.7. The number of hydrogen-bond acceptors (Lipinski definition) is 4. The second-order valence-corrected chi connectivity index (χ2v) is 7.37. The number of aryl methyl sites for hydroxylation is 2. The molecule has 7 heteroatoms. The van der Waals surface area contributed by atoms with Crippen molar-refractivity contribution in [1.29, 1.82) is 0 Å². The molecule has 0 aromatic carbocycles. The van der Waals surface area contributed by atoms with E-state index in [9.17, 15) is 4.79 Å². The van der Waals surface area contributed by atoms with Gasteiger partial charge in [0, 0.05) is 31.7 Å². The lowest BCUT2D eigenvalue weighted by atomic mass is 10.0. The van der Waals surface area contributed by atoms with Crippen LogP contribution in [-0.2, 0) is 6.42 Å². The van der Waals surface area contributed by atoms with Gasteiger partial charge in [0.2, 0.25) is 0 Å². The third-order valence-corrected chi connectivity index (χ3v) is 5.37. The van der Waals surface area contributed by atoms with Crippen molar-refractivity contribution in [2.45, 2.75) is 52.0 Å². The zero-order chi connectivity index (χ0) is 18.8. The molecule has 3 aromatic heterocycles. The highest BCUT2D eigenvalue weighted by atomic mass is 16.2. The molecule has 0 saturated carbocycles. The SMILES string of the molecule is CCCCc1cn(C2CCN(C(=O)c3cn4cccc(C)c4n3)CC2)nn1. The Bertz CT molecular complexity index is 935. The number of piperidine rings is 1. The molecular formula is C20H26N6O. The van der Waals surface area contributed by atoms with Gasteiger partial charge in [-0.15, -0.1) is 5.10 Å². The summed E-state index contributed by atoms with van der Waals surface area (Å²) in [6.45, 7) is 5.64. The first-order chi connectivity index (χ1) is 13.2. The summed E-state index contributed by atoms with van der Waals surface area (Å²) in [7, 11) is 0. The van der Waals surface area contributed by atoms with Crippen LogP contribution >= 0.6 is 0 Å². The third-order valence-electron chi connectivity index (χ3n) is 5.37. The van der Waals surface area contributed by atoms with Crippen LogP contribution in [-0.4, -0.2) is 48.3 Å². The number of amides is 1. The smallest absolute Gasteiger partial charge is 0.274 e. The van der Waals surface area contributed by atoms with E-state index in [0.29, 0.717) is 11.7 Å². The number of carbonyl (C=O) groups excluding carboxylic acids is 1. The number of fused-ring (bicyclic) bond motifs is 1. The summed E-state index contributed by atoms with van der Waals surface area (Å²) in [4.78, 5) is 19.3. The van der Waals surface area contributed by atoms with E-state index in [0.717, 1.165) is 62.1 Å². The zero-order valence-corrected chi connectivity index (χ0v) is 16.0. The van der Waals surface area contributed by atoms with Crippen LogP contribution in [0.2, 0.25) is 0 Å². The Morgan fingerprint density at radius 1 is 1.26 bits per heavy atom. The standard InChI is InChI=1S/C20H26N6O/c1-3-4-7-16-13-26(23-22-16)17-8-11-24(12-9-17)20(27)18-14-25-10-5-6-15(2)19(25)21-18/h5-6,10,13-14,17H,3-4,7-9,11-12H2,1-2H3. The largest absolute Gasteiger partial charge is 0.337 e. The van der Waals surface area contributed by atoms with E-state index >= 15 is 0 Å². The van der Waals surface area contributed by atoms with Crippen molar-refractivity contribution in [3.05, 3.63) is 47.7 Å². The minimum atomic E-state index is 0.0128. The summed E-state index contributed by atoms with van der Waals surface area (Å²) in [5.41, 5.74) is 3.50. The van der Waals surface area contributed by atoms with Crippen LogP contribution in [0, 0.1) is 6.92 Å². The van der Waals surface area contributed by atoms with Crippen molar-refractivity contribution in [2.75, 3.05) is 13.1 Å². The predicted molar refractivity (Wildman–Crippen MR) is 103 cm³/mol. The van der Waals surface area contributed by atoms with Crippen molar-refractivity contribution in [1.82, 2.24) is 29.3 Å². The van der Waals surface area contributed by atoms with Crippen LogP contribution in [0.5, 0.6) is 0 Å². The number of likely N-dealkylation sites (tertiary alicyclic amines) is 1. The fourth-order valence-corrected chi connectivity index (χ4v) is 3.72. The van der Waals surface area contributed by atoms with Crippen molar-refractivity contribution < 1.29 is 4.79 Å². The van der Waals surface area contributed by atoms with Gasteiger partial charge in [-0.05, 0) is 44.2 Å². The van der Waals surface area contributed by atoms with Crippen LogP contribution < -0.4 is 0 Å². The maximum absolute atomic E-state index is 12.9. The lowest BCUT2D eigenvalue weighted by molar-refractivity contribution is 0.0684.